The highest BCUT2D eigenvalue weighted by atomic mass is 35.5. The third-order valence-corrected chi connectivity index (χ3v) is 8.59. The monoisotopic (exact) mass is 579 g/mol. The van der Waals surface area contributed by atoms with Gasteiger partial charge in [-0.05, 0) is 49.4 Å². The SMILES string of the molecule is CC(O)CN1CCN(C(=O)COc2ccc(-c3nc4c(N[C@H]5[C@@H](C(N)=O)[C@@H]6C=C[C@H]5C6)c(Cl)cnc4[nH]3)cc2)CC1. The van der Waals surface area contributed by atoms with Crippen LogP contribution in [0.2, 0.25) is 5.02 Å². The Hall–Kier alpha value is -3.67. The Morgan fingerprint density at radius 1 is 1.20 bits per heavy atom. The molecule has 1 saturated heterocycles. The van der Waals surface area contributed by atoms with Crippen LogP contribution in [0.5, 0.6) is 5.75 Å². The van der Waals surface area contributed by atoms with E-state index in [-0.39, 0.29) is 48.3 Å². The molecule has 0 radical (unpaired) electrons. The smallest absolute Gasteiger partial charge is 0.260 e. The van der Waals surface area contributed by atoms with Crippen LogP contribution < -0.4 is 15.8 Å². The van der Waals surface area contributed by atoms with Crippen LogP contribution in [-0.2, 0) is 9.59 Å². The summed E-state index contributed by atoms with van der Waals surface area (Å²) in [5.74, 6) is 0.850. The summed E-state index contributed by atoms with van der Waals surface area (Å²) in [6.45, 7) is 5.07. The van der Waals surface area contributed by atoms with Crippen LogP contribution in [0.3, 0.4) is 0 Å². The van der Waals surface area contributed by atoms with Crippen molar-refractivity contribution >= 4 is 40.3 Å². The van der Waals surface area contributed by atoms with Gasteiger partial charge in [0.15, 0.2) is 12.3 Å². The van der Waals surface area contributed by atoms with Crippen LogP contribution in [0.1, 0.15) is 13.3 Å². The first-order valence-corrected chi connectivity index (χ1v) is 14.3. The van der Waals surface area contributed by atoms with Crippen molar-refractivity contribution in [1.82, 2.24) is 24.8 Å². The standard InChI is InChI=1S/C29H34ClN7O4/c1-16(38)14-36-8-10-37(11-9-36)22(39)15-41-20-6-4-17(5-7-20)28-34-26-25(21(30)13-32-29(26)35-28)33-24-19-3-2-18(12-19)23(24)27(31)40/h2-7,13,16,18-19,23-24,38H,8-12,14-15H2,1H3,(H2,31,40)(H2,32,33,34,35)/t16?,18-,19+,23+,24-/m1/s1. The second-order valence-corrected chi connectivity index (χ2v) is 11.6. The summed E-state index contributed by atoms with van der Waals surface area (Å²) in [6.07, 6.45) is 6.30. The lowest BCUT2D eigenvalue weighted by atomic mass is 9.88. The number of primary amides is 1. The number of H-pyrrole nitrogens is 1. The number of β-amino-alcohol motifs (C(OH)–C–C–N with tert-alkyl or cyclic N) is 1. The second-order valence-electron chi connectivity index (χ2n) is 11.2. The molecule has 3 heterocycles. The van der Waals surface area contributed by atoms with E-state index in [2.05, 4.69) is 32.3 Å². The molecule has 41 heavy (non-hydrogen) atoms. The minimum atomic E-state index is -0.378. The Kier molecular flexibility index (Phi) is 7.58. The number of fused-ring (bicyclic) bond motifs is 3. The third-order valence-electron chi connectivity index (χ3n) is 8.30. The number of pyridine rings is 1. The number of anilines is 1. The molecule has 5 atom stereocenters. The summed E-state index contributed by atoms with van der Waals surface area (Å²) in [5, 5.41) is 13.5. The van der Waals surface area contributed by atoms with Crippen molar-refractivity contribution in [1.29, 1.82) is 0 Å². The molecule has 12 heteroatoms. The Labute approximate surface area is 242 Å². The molecule has 5 N–H and O–H groups in total. The molecule has 11 nitrogen and oxygen atoms in total. The lowest BCUT2D eigenvalue weighted by Gasteiger charge is -2.35. The van der Waals surface area contributed by atoms with E-state index < -0.39 is 0 Å². The first kappa shape index (κ1) is 27.5. The number of benzene rings is 1. The lowest BCUT2D eigenvalue weighted by Crippen LogP contribution is -2.51. The molecule has 0 spiro atoms. The third kappa shape index (κ3) is 5.61. The van der Waals surface area contributed by atoms with Gasteiger partial charge in [-0.3, -0.25) is 14.5 Å². The molecule has 2 bridgehead atoms. The number of carbonyl (C=O) groups is 2. The van der Waals surface area contributed by atoms with Crippen molar-refractivity contribution in [2.75, 3.05) is 44.6 Å². The fourth-order valence-electron chi connectivity index (χ4n) is 6.28. The van der Waals surface area contributed by atoms with E-state index in [1.165, 1.54) is 0 Å². The van der Waals surface area contributed by atoms with Gasteiger partial charge in [0.2, 0.25) is 5.91 Å². The Morgan fingerprint density at radius 2 is 1.93 bits per heavy atom. The van der Waals surface area contributed by atoms with Gasteiger partial charge in [-0.25, -0.2) is 9.97 Å². The summed E-state index contributed by atoms with van der Waals surface area (Å²) in [4.78, 5) is 41.2. The van der Waals surface area contributed by atoms with Gasteiger partial charge in [-0.15, -0.1) is 0 Å². The van der Waals surface area contributed by atoms with Crippen LogP contribution in [0.4, 0.5) is 5.69 Å². The molecule has 1 aliphatic heterocycles. The van der Waals surface area contributed by atoms with Crippen molar-refractivity contribution in [3.63, 3.8) is 0 Å². The molecular weight excluding hydrogens is 546 g/mol. The maximum absolute atomic E-state index is 12.6. The first-order valence-electron chi connectivity index (χ1n) is 14.0. The maximum atomic E-state index is 12.6. The van der Waals surface area contributed by atoms with Crippen molar-refractivity contribution in [3.05, 3.63) is 47.6 Å². The van der Waals surface area contributed by atoms with Crippen LogP contribution in [0, 0.1) is 17.8 Å². The van der Waals surface area contributed by atoms with E-state index in [1.807, 2.05) is 12.1 Å². The minimum Gasteiger partial charge on any atom is -0.484 e. The molecule has 1 aromatic carbocycles. The number of carbonyl (C=O) groups excluding carboxylic acids is 2. The summed E-state index contributed by atoms with van der Waals surface area (Å²) < 4.78 is 5.77. The van der Waals surface area contributed by atoms with E-state index in [0.29, 0.717) is 53.1 Å². The van der Waals surface area contributed by atoms with Gasteiger partial charge in [0.1, 0.15) is 17.1 Å². The molecule has 1 saturated carbocycles. The largest absolute Gasteiger partial charge is 0.484 e. The van der Waals surface area contributed by atoms with Crippen LogP contribution in [-0.4, -0.2) is 93.1 Å². The highest BCUT2D eigenvalue weighted by molar-refractivity contribution is 6.34. The number of aliphatic hydroxyl groups excluding tert-OH is 1. The van der Waals surface area contributed by atoms with Gasteiger partial charge in [-0.1, -0.05) is 23.8 Å². The number of ether oxygens (including phenoxy) is 1. The van der Waals surface area contributed by atoms with Crippen molar-refractivity contribution in [2.24, 2.45) is 23.5 Å². The number of hydrogen-bond donors (Lipinski definition) is 4. The van der Waals surface area contributed by atoms with E-state index in [1.54, 1.807) is 30.2 Å². The molecule has 2 aromatic heterocycles. The molecule has 2 amide bonds. The number of aromatic nitrogens is 3. The number of allylic oxidation sites excluding steroid dienone is 1. The lowest BCUT2D eigenvalue weighted by molar-refractivity contribution is -0.135. The zero-order valence-electron chi connectivity index (χ0n) is 22.8. The van der Waals surface area contributed by atoms with E-state index >= 15 is 0 Å². The van der Waals surface area contributed by atoms with E-state index in [4.69, 9.17) is 27.1 Å². The fourth-order valence-corrected chi connectivity index (χ4v) is 6.47. The number of nitrogens with one attached hydrogen (secondary N) is 2. The number of halogens is 1. The molecule has 3 aliphatic rings. The number of aliphatic hydroxyl groups is 1. The molecule has 216 valence electrons. The maximum Gasteiger partial charge on any atom is 0.260 e. The second kappa shape index (κ2) is 11.3. The topological polar surface area (TPSA) is 150 Å². The van der Waals surface area contributed by atoms with Gasteiger partial charge in [-0.2, -0.15) is 0 Å². The van der Waals surface area contributed by atoms with Crippen molar-refractivity contribution in [2.45, 2.75) is 25.5 Å². The van der Waals surface area contributed by atoms with Gasteiger partial charge in [0.05, 0.1) is 28.9 Å². The summed E-state index contributed by atoms with van der Waals surface area (Å²) in [6, 6.07) is 7.18. The predicted octanol–water partition coefficient (Wildman–Crippen LogP) is 2.27. The Morgan fingerprint density at radius 3 is 2.63 bits per heavy atom. The number of nitrogens with two attached hydrogens (primary N) is 1. The van der Waals surface area contributed by atoms with Crippen molar-refractivity contribution in [3.8, 4) is 17.1 Å². The summed E-state index contributed by atoms with van der Waals surface area (Å²) >= 11 is 6.56. The number of rotatable bonds is 9. The predicted molar refractivity (Wildman–Crippen MR) is 155 cm³/mol. The molecule has 6 rings (SSSR count). The van der Waals surface area contributed by atoms with Crippen LogP contribution in [0.15, 0.2) is 42.6 Å². The molecule has 2 aliphatic carbocycles. The highest BCUT2D eigenvalue weighted by Gasteiger charge is 2.47. The number of aromatic amines is 1. The fraction of sp³-hybridized carbons (Fsp3) is 0.448. The number of amides is 2. The number of hydrogen-bond acceptors (Lipinski definition) is 8. The Bertz CT molecular complexity index is 1470. The van der Waals surface area contributed by atoms with Gasteiger partial charge in [0, 0.05) is 44.3 Å². The molecular formula is C29H34ClN7O4. The van der Waals surface area contributed by atoms with Crippen LogP contribution in [0.25, 0.3) is 22.6 Å². The van der Waals surface area contributed by atoms with Crippen molar-refractivity contribution < 1.29 is 19.4 Å². The average molecular weight is 580 g/mol. The zero-order valence-corrected chi connectivity index (χ0v) is 23.6. The normalized spacial score (nSPS) is 24.6. The number of imidazole rings is 1. The number of piperazine rings is 1. The van der Waals surface area contributed by atoms with Gasteiger partial charge >= 0.3 is 0 Å². The molecule has 1 unspecified atom stereocenters. The Balaban J connectivity index is 1.11. The average Bonchev–Trinajstić information content (AvgIpc) is 3.69. The highest BCUT2D eigenvalue weighted by Crippen LogP contribution is 2.46. The minimum absolute atomic E-state index is 0.0393. The summed E-state index contributed by atoms with van der Waals surface area (Å²) in [5.41, 5.74) is 8.34. The zero-order chi connectivity index (χ0) is 28.7. The van der Waals surface area contributed by atoms with Crippen LogP contribution >= 0.6 is 11.6 Å². The molecule has 2 fully saturated rings. The first-order chi connectivity index (χ1) is 19.8. The van der Waals surface area contributed by atoms with E-state index in [9.17, 15) is 14.7 Å². The van der Waals surface area contributed by atoms with Gasteiger partial charge < -0.3 is 30.8 Å². The van der Waals surface area contributed by atoms with Gasteiger partial charge in [0.25, 0.3) is 5.91 Å². The molecule has 3 aromatic rings. The van der Waals surface area contributed by atoms with E-state index in [0.717, 1.165) is 25.1 Å². The number of nitrogens with zero attached hydrogens (tertiary/aromatic N) is 4. The summed E-state index contributed by atoms with van der Waals surface area (Å²) in [7, 11) is 0. The quantitative estimate of drug-likeness (QED) is 0.282.